The smallest absolute Gasteiger partial charge is 0.377 e. The minimum Gasteiger partial charge on any atom is -0.467 e. The van der Waals surface area contributed by atoms with Gasteiger partial charge in [0.05, 0.1) is 18.8 Å². The lowest BCUT2D eigenvalue weighted by Gasteiger charge is -2.33. The van der Waals surface area contributed by atoms with E-state index >= 15 is 0 Å². The fourth-order valence-corrected chi connectivity index (χ4v) is 4.33. The van der Waals surface area contributed by atoms with Crippen LogP contribution >= 0.6 is 0 Å². The van der Waals surface area contributed by atoms with Crippen LogP contribution in [-0.2, 0) is 9.47 Å². The Balaban J connectivity index is 1.67. The average Bonchev–Trinajstić information content (AvgIpc) is 3.30. The van der Waals surface area contributed by atoms with Crippen LogP contribution < -0.4 is 15.3 Å². The van der Waals surface area contributed by atoms with E-state index in [-0.39, 0.29) is 24.1 Å². The molecule has 1 fully saturated rings. The van der Waals surface area contributed by atoms with Crippen molar-refractivity contribution in [3.05, 3.63) is 64.1 Å². The van der Waals surface area contributed by atoms with Crippen LogP contribution in [0.15, 0.2) is 41.2 Å². The lowest BCUT2D eigenvalue weighted by molar-refractivity contribution is -0.00866. The minimum atomic E-state index is -1.14. The van der Waals surface area contributed by atoms with E-state index in [2.05, 4.69) is 10.4 Å². The van der Waals surface area contributed by atoms with Gasteiger partial charge in [0.1, 0.15) is 11.4 Å². The van der Waals surface area contributed by atoms with Gasteiger partial charge in [-0.15, -0.1) is 4.68 Å². The maximum absolute atomic E-state index is 14.3. The number of para-hydroxylation sites is 1. The van der Waals surface area contributed by atoms with E-state index in [0.717, 1.165) is 37.5 Å². The van der Waals surface area contributed by atoms with Crippen LogP contribution in [0.1, 0.15) is 42.5 Å². The third kappa shape index (κ3) is 5.78. The van der Waals surface area contributed by atoms with E-state index < -0.39 is 29.0 Å². The molecule has 0 unspecified atom stereocenters. The normalized spacial score (nSPS) is 13.9. The number of hydrogen-bond donors (Lipinski definition) is 0. The van der Waals surface area contributed by atoms with Gasteiger partial charge in [0.2, 0.25) is 0 Å². The summed E-state index contributed by atoms with van der Waals surface area (Å²) in [6.45, 7) is 0.579. The molecule has 3 aromatic rings. The van der Waals surface area contributed by atoms with Gasteiger partial charge in [0.15, 0.2) is 24.7 Å². The minimum absolute atomic E-state index is 0.111. The monoisotopic (exact) mass is 531 g/mol. The topological polar surface area (TPSA) is 118 Å². The van der Waals surface area contributed by atoms with Crippen LogP contribution in [0.3, 0.4) is 0 Å². The van der Waals surface area contributed by atoms with Gasteiger partial charge < -0.3 is 14.2 Å². The van der Waals surface area contributed by atoms with E-state index in [1.54, 1.807) is 13.2 Å². The van der Waals surface area contributed by atoms with Gasteiger partial charge in [0, 0.05) is 18.8 Å². The second kappa shape index (κ2) is 12.5. The highest BCUT2D eigenvalue weighted by Crippen LogP contribution is 2.31. The Bertz CT molecular complexity index is 1320. The van der Waals surface area contributed by atoms with Crippen LogP contribution in [0.4, 0.5) is 19.3 Å². The van der Waals surface area contributed by atoms with Crippen molar-refractivity contribution in [2.75, 3.05) is 32.0 Å². The second-order valence-electron chi connectivity index (χ2n) is 8.60. The maximum atomic E-state index is 14.3. The highest BCUT2D eigenvalue weighted by Gasteiger charge is 2.31. The molecule has 0 radical (unpaired) electrons. The first-order valence-electron chi connectivity index (χ1n) is 12.1. The van der Waals surface area contributed by atoms with E-state index in [0.29, 0.717) is 47.4 Å². The fraction of sp³-hybridized carbons (Fsp3) is 0.400. The average molecular weight is 532 g/mol. The molecule has 38 heavy (non-hydrogen) atoms. The Morgan fingerprint density at radius 1 is 1.11 bits per heavy atom. The SMILES string of the molecule is COCCOCOc1ccc(N(C(=O)n2nnn(-c3c(F)cccc3F)c2=O)C2CCCCC2)cc1C=O. The summed E-state index contributed by atoms with van der Waals surface area (Å²) in [7, 11) is 1.54. The van der Waals surface area contributed by atoms with Crippen molar-refractivity contribution >= 4 is 18.0 Å². The molecule has 1 aromatic heterocycles. The quantitative estimate of drug-likeness (QED) is 0.169. The van der Waals surface area contributed by atoms with Crippen molar-refractivity contribution in [1.29, 1.82) is 0 Å². The van der Waals surface area contributed by atoms with Gasteiger partial charge in [0.25, 0.3) is 0 Å². The summed E-state index contributed by atoms with van der Waals surface area (Å²) < 4.78 is 45.1. The van der Waals surface area contributed by atoms with E-state index in [1.807, 2.05) is 0 Å². The van der Waals surface area contributed by atoms with E-state index in [4.69, 9.17) is 14.2 Å². The summed E-state index contributed by atoms with van der Waals surface area (Å²) in [5.41, 5.74) is -1.38. The molecular formula is C25H27F2N5O6. The number of amides is 1. The number of aromatic nitrogens is 4. The van der Waals surface area contributed by atoms with Crippen molar-refractivity contribution in [3.63, 3.8) is 0 Å². The molecule has 2 aromatic carbocycles. The van der Waals surface area contributed by atoms with Gasteiger partial charge in [-0.1, -0.05) is 25.3 Å². The molecule has 1 amide bonds. The van der Waals surface area contributed by atoms with Crippen molar-refractivity contribution in [2.45, 2.75) is 38.1 Å². The zero-order valence-electron chi connectivity index (χ0n) is 20.7. The van der Waals surface area contributed by atoms with Gasteiger partial charge in [-0.25, -0.2) is 18.4 Å². The van der Waals surface area contributed by atoms with Crippen molar-refractivity contribution in [1.82, 2.24) is 19.8 Å². The molecule has 0 saturated heterocycles. The molecule has 11 nitrogen and oxygen atoms in total. The molecule has 0 aliphatic heterocycles. The molecule has 1 aliphatic carbocycles. The zero-order chi connectivity index (χ0) is 27.1. The Labute approximate surface area is 216 Å². The van der Waals surface area contributed by atoms with Gasteiger partial charge >= 0.3 is 11.7 Å². The molecule has 0 bridgehead atoms. The largest absolute Gasteiger partial charge is 0.467 e. The number of methoxy groups -OCH3 is 1. The number of rotatable bonds is 10. The first-order chi connectivity index (χ1) is 18.5. The number of nitrogens with zero attached hydrogens (tertiary/aromatic N) is 5. The Hall–Kier alpha value is -3.97. The number of aldehydes is 1. The zero-order valence-corrected chi connectivity index (χ0v) is 20.7. The molecule has 1 heterocycles. The van der Waals surface area contributed by atoms with Crippen LogP contribution in [0.2, 0.25) is 0 Å². The van der Waals surface area contributed by atoms with Gasteiger partial charge in [-0.05, 0) is 53.6 Å². The summed E-state index contributed by atoms with van der Waals surface area (Å²) in [4.78, 5) is 39.9. The molecule has 0 spiro atoms. The predicted molar refractivity (Wildman–Crippen MR) is 131 cm³/mol. The number of carbonyl (C=O) groups is 2. The number of tetrazole rings is 1. The van der Waals surface area contributed by atoms with Crippen LogP contribution in [0.5, 0.6) is 5.75 Å². The van der Waals surface area contributed by atoms with Crippen LogP contribution in [-0.4, -0.2) is 65.3 Å². The van der Waals surface area contributed by atoms with Gasteiger partial charge in [-0.2, -0.15) is 4.68 Å². The summed E-state index contributed by atoms with van der Waals surface area (Å²) in [6, 6.07) is 6.48. The number of benzene rings is 2. The van der Waals surface area contributed by atoms with Crippen molar-refractivity contribution in [3.8, 4) is 11.4 Å². The standard InChI is InChI=1S/C25H27F2N5O6/c1-36-12-13-37-16-38-22-11-10-19(14-17(22)15-33)30(18-6-3-2-4-7-18)24(34)32-25(35)31(28-29-32)23-20(26)8-5-9-21(23)27/h5,8-11,14-15,18H,2-4,6-7,12-13,16H2,1H3. The molecule has 202 valence electrons. The first kappa shape index (κ1) is 27.1. The Morgan fingerprint density at radius 2 is 1.84 bits per heavy atom. The van der Waals surface area contributed by atoms with Gasteiger partial charge in [-0.3, -0.25) is 9.69 Å². The number of hydrogen-bond acceptors (Lipinski definition) is 8. The maximum Gasteiger partial charge on any atom is 0.377 e. The highest BCUT2D eigenvalue weighted by molar-refractivity contribution is 5.95. The fourth-order valence-electron chi connectivity index (χ4n) is 4.33. The third-order valence-electron chi connectivity index (χ3n) is 6.19. The van der Waals surface area contributed by atoms with Crippen molar-refractivity contribution in [2.24, 2.45) is 0 Å². The molecule has 1 aliphatic rings. The Morgan fingerprint density at radius 3 is 2.53 bits per heavy atom. The Kier molecular flexibility index (Phi) is 8.92. The first-order valence-corrected chi connectivity index (χ1v) is 12.1. The summed E-state index contributed by atoms with van der Waals surface area (Å²) in [5, 5.41) is 7.16. The summed E-state index contributed by atoms with van der Waals surface area (Å²) in [6.07, 6.45) is 4.60. The third-order valence-corrected chi connectivity index (χ3v) is 6.19. The number of ether oxygens (including phenoxy) is 3. The van der Waals surface area contributed by atoms with Crippen molar-refractivity contribution < 1.29 is 32.6 Å². The summed E-state index contributed by atoms with van der Waals surface area (Å²) in [5.74, 6) is -1.82. The predicted octanol–water partition coefficient (Wildman–Crippen LogP) is 3.33. The van der Waals surface area contributed by atoms with E-state index in [9.17, 15) is 23.2 Å². The van der Waals surface area contributed by atoms with Crippen LogP contribution in [0.25, 0.3) is 5.69 Å². The molecule has 4 rings (SSSR count). The lowest BCUT2D eigenvalue weighted by atomic mass is 9.94. The van der Waals surface area contributed by atoms with E-state index in [1.165, 1.54) is 17.0 Å². The molecule has 1 saturated carbocycles. The number of halogens is 2. The molecule has 0 atom stereocenters. The lowest BCUT2D eigenvalue weighted by Crippen LogP contribution is -2.47. The molecular weight excluding hydrogens is 504 g/mol. The summed E-state index contributed by atoms with van der Waals surface area (Å²) >= 11 is 0. The molecule has 13 heteroatoms. The highest BCUT2D eigenvalue weighted by atomic mass is 19.1. The molecule has 0 N–H and O–H groups in total. The number of carbonyl (C=O) groups excluding carboxylic acids is 2. The second-order valence-corrected chi connectivity index (χ2v) is 8.60. The number of anilines is 1. The van der Waals surface area contributed by atoms with Crippen LogP contribution in [0, 0.1) is 11.6 Å².